The van der Waals surface area contributed by atoms with E-state index in [9.17, 15) is 29.8 Å². The van der Waals surface area contributed by atoms with Crippen LogP contribution < -0.4 is 0 Å². The highest BCUT2D eigenvalue weighted by atomic mass is 16.7. The van der Waals surface area contributed by atoms with Crippen molar-refractivity contribution in [3.8, 4) is 0 Å². The lowest BCUT2D eigenvalue weighted by Gasteiger charge is -2.34. The largest absolute Gasteiger partial charge is 0.455 e. The number of methoxy groups -OCH3 is 1. The van der Waals surface area contributed by atoms with Crippen molar-refractivity contribution in [1.29, 1.82) is 0 Å². The molecule has 2 aromatic rings. The first-order chi connectivity index (χ1) is 15.3. The quantitative estimate of drug-likeness (QED) is 0.352. The minimum Gasteiger partial charge on any atom is -0.455 e. The van der Waals surface area contributed by atoms with Crippen molar-refractivity contribution in [2.75, 3.05) is 13.7 Å². The third kappa shape index (κ3) is 5.42. The van der Waals surface area contributed by atoms with Crippen molar-refractivity contribution in [2.45, 2.75) is 24.9 Å². The number of nitrogens with zero attached hydrogens (tertiary/aromatic N) is 2. The summed E-state index contributed by atoms with van der Waals surface area (Å²) in [6.45, 7) is -0.116. The summed E-state index contributed by atoms with van der Waals surface area (Å²) in [5.41, 5.74) is -0.205. The van der Waals surface area contributed by atoms with Gasteiger partial charge in [-0.15, -0.1) is 0 Å². The first-order valence-electron chi connectivity index (χ1n) is 9.33. The molecule has 1 fully saturated rings. The topological polar surface area (TPSA) is 157 Å². The average Bonchev–Trinajstić information content (AvgIpc) is 2.80. The number of non-ortho nitro benzene ring substituents is 2. The Hall–Kier alpha value is -3.90. The van der Waals surface area contributed by atoms with Crippen molar-refractivity contribution in [3.63, 3.8) is 0 Å². The van der Waals surface area contributed by atoms with Gasteiger partial charge in [0.15, 0.2) is 12.4 Å². The highest BCUT2D eigenvalue weighted by Gasteiger charge is 2.37. The zero-order chi connectivity index (χ0) is 23.3. The number of benzene rings is 2. The molecule has 0 bridgehead atoms. The van der Waals surface area contributed by atoms with Gasteiger partial charge < -0.3 is 18.9 Å². The second-order valence-electron chi connectivity index (χ2n) is 6.73. The fourth-order valence-corrected chi connectivity index (χ4v) is 2.97. The molecule has 0 aromatic heterocycles. The lowest BCUT2D eigenvalue weighted by Crippen LogP contribution is -2.46. The van der Waals surface area contributed by atoms with Gasteiger partial charge in [0.25, 0.3) is 11.4 Å². The van der Waals surface area contributed by atoms with Gasteiger partial charge in [-0.25, -0.2) is 9.59 Å². The lowest BCUT2D eigenvalue weighted by molar-refractivity contribution is -0.385. The number of nitro groups is 2. The van der Waals surface area contributed by atoms with Crippen LogP contribution in [0.2, 0.25) is 0 Å². The zero-order valence-corrected chi connectivity index (χ0v) is 16.7. The van der Waals surface area contributed by atoms with Crippen LogP contribution >= 0.6 is 0 Å². The third-order valence-electron chi connectivity index (χ3n) is 4.69. The van der Waals surface area contributed by atoms with Gasteiger partial charge in [0.1, 0.15) is 6.10 Å². The van der Waals surface area contributed by atoms with Crippen molar-refractivity contribution in [1.82, 2.24) is 0 Å². The number of hydrogen-bond acceptors (Lipinski definition) is 10. The van der Waals surface area contributed by atoms with E-state index in [2.05, 4.69) is 0 Å². The fourth-order valence-electron chi connectivity index (χ4n) is 2.97. The van der Waals surface area contributed by atoms with Crippen LogP contribution in [0, 0.1) is 20.2 Å². The zero-order valence-electron chi connectivity index (χ0n) is 16.7. The minimum absolute atomic E-state index is 0.0740. The summed E-state index contributed by atoms with van der Waals surface area (Å²) < 4.78 is 21.5. The van der Waals surface area contributed by atoms with Crippen molar-refractivity contribution in [2.24, 2.45) is 0 Å². The van der Waals surface area contributed by atoms with Gasteiger partial charge in [0.2, 0.25) is 0 Å². The van der Waals surface area contributed by atoms with E-state index >= 15 is 0 Å². The van der Waals surface area contributed by atoms with Crippen LogP contribution in [0.25, 0.3) is 0 Å². The van der Waals surface area contributed by atoms with Crippen LogP contribution in [0.5, 0.6) is 0 Å². The molecule has 0 aliphatic carbocycles. The standard InChI is InChI=1S/C20H18N2O10/c1-29-18-10-16(31-19(23)12-2-6-14(7-3-12)21(25)26)17(11-30-18)32-20(24)13-4-8-15(9-5-13)22(27)28/h2-9,16-18H,10-11H2,1H3/t16-,17+,18+/m0/s1. The van der Waals surface area contributed by atoms with E-state index in [1.54, 1.807) is 0 Å². The van der Waals surface area contributed by atoms with Crippen molar-refractivity contribution in [3.05, 3.63) is 79.9 Å². The number of rotatable bonds is 7. The van der Waals surface area contributed by atoms with E-state index in [0.717, 1.165) is 0 Å². The van der Waals surface area contributed by atoms with Gasteiger partial charge >= 0.3 is 11.9 Å². The average molecular weight is 446 g/mol. The highest BCUT2D eigenvalue weighted by Crippen LogP contribution is 2.24. The normalized spacial score (nSPS) is 20.2. The molecule has 0 spiro atoms. The van der Waals surface area contributed by atoms with Gasteiger partial charge in [-0.05, 0) is 24.3 Å². The maximum atomic E-state index is 12.5. The molecule has 0 unspecified atom stereocenters. The predicted molar refractivity (Wildman–Crippen MR) is 106 cm³/mol. The summed E-state index contributed by atoms with van der Waals surface area (Å²) in [6, 6.07) is 9.69. The van der Waals surface area contributed by atoms with Gasteiger partial charge in [0, 0.05) is 37.8 Å². The van der Waals surface area contributed by atoms with Crippen LogP contribution in [0.1, 0.15) is 27.1 Å². The summed E-state index contributed by atoms with van der Waals surface area (Å²) in [7, 11) is 1.41. The van der Waals surface area contributed by atoms with E-state index < -0.39 is 40.3 Å². The first kappa shape index (κ1) is 22.8. The number of nitro benzene ring substituents is 2. The van der Waals surface area contributed by atoms with Crippen LogP contribution in [0.3, 0.4) is 0 Å². The van der Waals surface area contributed by atoms with Crippen LogP contribution in [-0.4, -0.2) is 54.0 Å². The molecular weight excluding hydrogens is 428 g/mol. The molecule has 0 radical (unpaired) electrons. The molecule has 168 valence electrons. The molecule has 32 heavy (non-hydrogen) atoms. The van der Waals surface area contributed by atoms with E-state index in [1.165, 1.54) is 55.6 Å². The molecule has 12 nitrogen and oxygen atoms in total. The molecule has 1 aliphatic heterocycles. The molecule has 3 rings (SSSR count). The first-order valence-corrected chi connectivity index (χ1v) is 9.33. The van der Waals surface area contributed by atoms with E-state index in [0.29, 0.717) is 0 Å². The Morgan fingerprint density at radius 1 is 0.844 bits per heavy atom. The molecule has 0 saturated carbocycles. The lowest BCUT2D eigenvalue weighted by atomic mass is 10.1. The molecule has 1 aliphatic rings. The van der Waals surface area contributed by atoms with Gasteiger partial charge in [-0.1, -0.05) is 0 Å². The molecular formula is C20H18N2O10. The Morgan fingerprint density at radius 2 is 1.28 bits per heavy atom. The molecule has 0 N–H and O–H groups in total. The van der Waals surface area contributed by atoms with Gasteiger partial charge in [0.05, 0.1) is 27.6 Å². The summed E-state index contributed by atoms with van der Waals surface area (Å²) in [5.74, 6) is -1.54. The minimum atomic E-state index is -0.967. The van der Waals surface area contributed by atoms with Gasteiger partial charge in [-0.2, -0.15) is 0 Å². The molecule has 12 heteroatoms. The predicted octanol–water partition coefficient (Wildman–Crippen LogP) is 2.65. The summed E-state index contributed by atoms with van der Waals surface area (Å²) in [4.78, 5) is 45.3. The highest BCUT2D eigenvalue weighted by molar-refractivity contribution is 5.90. The molecule has 1 heterocycles. The van der Waals surface area contributed by atoms with Crippen LogP contribution in [0.15, 0.2) is 48.5 Å². The van der Waals surface area contributed by atoms with Crippen molar-refractivity contribution < 1.29 is 38.4 Å². The molecule has 1 saturated heterocycles. The SMILES string of the molecule is CO[C@H]1C[C@H](OC(=O)c2ccc([N+](=O)[O-])cc2)[C@H](OC(=O)c2ccc([N+](=O)[O-])cc2)CO1. The Balaban J connectivity index is 1.70. The molecule has 3 atom stereocenters. The summed E-state index contributed by atoms with van der Waals surface area (Å²) in [6.07, 6.45) is -2.50. The Morgan fingerprint density at radius 3 is 1.69 bits per heavy atom. The van der Waals surface area contributed by atoms with Gasteiger partial charge in [-0.3, -0.25) is 20.2 Å². The Kier molecular flexibility index (Phi) is 7.07. The maximum absolute atomic E-state index is 12.5. The van der Waals surface area contributed by atoms with Crippen LogP contribution in [0.4, 0.5) is 11.4 Å². The van der Waals surface area contributed by atoms with E-state index in [-0.39, 0.29) is 35.5 Å². The Bertz CT molecular complexity index is 1010. The summed E-state index contributed by atoms with van der Waals surface area (Å²) >= 11 is 0. The smallest absolute Gasteiger partial charge is 0.338 e. The summed E-state index contributed by atoms with van der Waals surface area (Å²) in [5, 5.41) is 21.5. The van der Waals surface area contributed by atoms with Crippen molar-refractivity contribution >= 4 is 23.3 Å². The second-order valence-corrected chi connectivity index (χ2v) is 6.73. The van der Waals surface area contributed by atoms with E-state index in [1.807, 2.05) is 0 Å². The maximum Gasteiger partial charge on any atom is 0.338 e. The fraction of sp³-hybridized carbons (Fsp3) is 0.300. The van der Waals surface area contributed by atoms with Crippen LogP contribution in [-0.2, 0) is 18.9 Å². The number of carbonyl (C=O) groups is 2. The Labute approximate surface area is 180 Å². The number of ether oxygens (including phenoxy) is 4. The second kappa shape index (κ2) is 9.94. The molecule has 2 aromatic carbocycles. The monoisotopic (exact) mass is 446 g/mol. The van der Waals surface area contributed by atoms with E-state index in [4.69, 9.17) is 18.9 Å². The number of esters is 2. The third-order valence-corrected chi connectivity index (χ3v) is 4.69. The molecule has 0 amide bonds. The number of carbonyl (C=O) groups excluding carboxylic acids is 2. The number of hydrogen-bond donors (Lipinski definition) is 0.